The largest absolute Gasteiger partial charge is 1.00 e. The first-order valence-corrected chi connectivity index (χ1v) is 7.94. The molecule has 0 spiro atoms. The summed E-state index contributed by atoms with van der Waals surface area (Å²) >= 11 is -0.569. The Morgan fingerprint density at radius 3 is 2.83 bits per heavy atom. The summed E-state index contributed by atoms with van der Waals surface area (Å²) in [5, 5.41) is 0. The van der Waals surface area contributed by atoms with Gasteiger partial charge in [0.1, 0.15) is 0 Å². The van der Waals surface area contributed by atoms with Crippen molar-refractivity contribution in [3.05, 3.63) is 42.6 Å². The number of hydrogen-bond donors (Lipinski definition) is 0. The molecule has 0 N–H and O–H groups in total. The summed E-state index contributed by atoms with van der Waals surface area (Å²) < 4.78 is 3.55. The van der Waals surface area contributed by atoms with Gasteiger partial charge in [-0.15, -0.1) is 0 Å². The molecule has 62 valence electrons. The quantitative estimate of drug-likeness (QED) is 0.683. The van der Waals surface area contributed by atoms with Crippen LogP contribution in [-0.4, -0.2) is 0 Å². The molecule has 0 saturated heterocycles. The summed E-state index contributed by atoms with van der Waals surface area (Å²) in [6.07, 6.45) is 13.9. The molecule has 2 aliphatic rings. The van der Waals surface area contributed by atoms with E-state index < -0.39 is 22.9 Å². The first kappa shape index (κ1) is 8.43. The van der Waals surface area contributed by atoms with Crippen LogP contribution in [0.5, 0.6) is 0 Å². The zero-order chi connectivity index (χ0) is 8.39. The van der Waals surface area contributed by atoms with Crippen LogP contribution in [0.3, 0.4) is 0 Å². The second-order valence-electron chi connectivity index (χ2n) is 3.22. The normalized spacial score (nSPS) is 20.2. The Hall–Kier alpha value is -0.170. The van der Waals surface area contributed by atoms with Gasteiger partial charge in [0.2, 0.25) is 0 Å². The van der Waals surface area contributed by atoms with Gasteiger partial charge < -0.3 is 2.85 Å². The number of allylic oxidation sites excluding steroid dienone is 8. The van der Waals surface area contributed by atoms with Gasteiger partial charge >= 0.3 is 85.3 Å². The Morgan fingerprint density at radius 2 is 2.25 bits per heavy atom. The average molecular weight is 325 g/mol. The predicted molar refractivity (Wildman–Crippen MR) is 50.5 cm³/mol. The summed E-state index contributed by atoms with van der Waals surface area (Å²) in [4.78, 5) is 0. The zero-order valence-corrected chi connectivity index (χ0v) is 10.9. The van der Waals surface area contributed by atoms with Crippen molar-refractivity contribution in [3.8, 4) is 0 Å². The minimum Gasteiger partial charge on any atom is -1.00 e. The van der Waals surface area contributed by atoms with Gasteiger partial charge in [0.05, 0.1) is 0 Å². The molecule has 0 aromatic rings. The molecule has 0 aliphatic heterocycles. The monoisotopic (exact) mass is 326 g/mol. The molecule has 0 nitrogen and oxygen atoms in total. The van der Waals surface area contributed by atoms with E-state index in [1.165, 1.54) is 12.8 Å². The molecule has 2 rings (SSSR count). The summed E-state index contributed by atoms with van der Waals surface area (Å²) in [6.45, 7) is 2.26. The molecule has 0 unspecified atom stereocenters. The summed E-state index contributed by atoms with van der Waals surface area (Å²) in [6, 6.07) is 0. The van der Waals surface area contributed by atoms with Crippen LogP contribution in [0, 0.1) is 0 Å². The summed E-state index contributed by atoms with van der Waals surface area (Å²) in [5.41, 5.74) is 1.56. The topological polar surface area (TPSA) is 0 Å². The molecule has 1 heteroatoms. The van der Waals surface area contributed by atoms with E-state index in [2.05, 4.69) is 37.3 Å². The van der Waals surface area contributed by atoms with Crippen LogP contribution in [0.25, 0.3) is 0 Å². The van der Waals surface area contributed by atoms with Crippen LogP contribution in [-0.2, 0) is 22.9 Å². The maximum absolute atomic E-state index is 2.34. The standard InChI is InChI=1S/C6H7.C5H5.Hf.2H/c1-6-4-2-3-5-6;1-2-4-5-3-1;;;/h2,4H,3H2,1H3;1-3H,4H2;;;/q;;+2;2*-1. The Balaban J connectivity index is 0.000000845. The van der Waals surface area contributed by atoms with Crippen molar-refractivity contribution in [2.24, 2.45) is 0 Å². The van der Waals surface area contributed by atoms with Crippen molar-refractivity contribution in [1.82, 2.24) is 0 Å². The van der Waals surface area contributed by atoms with Crippen molar-refractivity contribution in [2.45, 2.75) is 19.8 Å². The molecule has 12 heavy (non-hydrogen) atoms. The molecule has 0 atom stereocenters. The average Bonchev–Trinajstić information content (AvgIpc) is 2.65. The van der Waals surface area contributed by atoms with Crippen LogP contribution >= 0.6 is 0 Å². The first-order chi connectivity index (χ1) is 5.86. The molecule has 0 saturated carbocycles. The summed E-state index contributed by atoms with van der Waals surface area (Å²) in [5.74, 6) is 0. The van der Waals surface area contributed by atoms with Gasteiger partial charge in [-0.05, 0) is 0 Å². The Morgan fingerprint density at radius 1 is 1.33 bits per heavy atom. The third-order valence-electron chi connectivity index (χ3n) is 2.25. The van der Waals surface area contributed by atoms with Crippen LogP contribution < -0.4 is 0 Å². The zero-order valence-electron chi connectivity index (χ0n) is 9.30. The number of rotatable bonds is 2. The van der Waals surface area contributed by atoms with E-state index in [4.69, 9.17) is 0 Å². The van der Waals surface area contributed by atoms with E-state index >= 15 is 0 Å². The molecular formula is C11H14Hf. The van der Waals surface area contributed by atoms with Gasteiger partial charge in [-0.1, -0.05) is 0 Å². The van der Waals surface area contributed by atoms with E-state index in [1.54, 1.807) is 12.2 Å². The van der Waals surface area contributed by atoms with Crippen molar-refractivity contribution in [2.75, 3.05) is 0 Å². The smallest absolute Gasteiger partial charge is 1.00 e. The van der Waals surface area contributed by atoms with Gasteiger partial charge in [-0.25, -0.2) is 0 Å². The maximum Gasteiger partial charge on any atom is -1.00 e. The van der Waals surface area contributed by atoms with E-state index in [-0.39, 0.29) is 2.85 Å². The van der Waals surface area contributed by atoms with Crippen LogP contribution in [0.2, 0.25) is 0 Å². The van der Waals surface area contributed by atoms with Gasteiger partial charge in [0.25, 0.3) is 0 Å². The maximum atomic E-state index is 2.34. The second kappa shape index (κ2) is 3.69. The fraction of sp³-hybridized carbons (Fsp3) is 0.273. The Bertz CT molecular complexity index is 311. The minimum atomic E-state index is -0.569. The SMILES string of the molecule is CC1=[C]([Hf+2][C]2=CC=CC2)CC=C1.[H-].[H-]. The fourth-order valence-electron chi connectivity index (χ4n) is 1.50. The van der Waals surface area contributed by atoms with E-state index in [1.807, 2.05) is 0 Å². The van der Waals surface area contributed by atoms with Crippen LogP contribution in [0.1, 0.15) is 22.6 Å². The number of hydrogen-bond acceptors (Lipinski definition) is 0. The third kappa shape index (κ3) is 1.77. The molecule has 0 bridgehead atoms. The Labute approximate surface area is 88.1 Å². The van der Waals surface area contributed by atoms with Gasteiger partial charge in [-0.2, -0.15) is 0 Å². The van der Waals surface area contributed by atoms with Crippen LogP contribution in [0.4, 0.5) is 0 Å². The molecule has 0 aromatic heterocycles. The van der Waals surface area contributed by atoms with Crippen LogP contribution in [0.15, 0.2) is 42.6 Å². The van der Waals surface area contributed by atoms with E-state index in [9.17, 15) is 0 Å². The summed E-state index contributed by atoms with van der Waals surface area (Å²) in [7, 11) is 0. The van der Waals surface area contributed by atoms with Gasteiger partial charge in [-0.3, -0.25) is 0 Å². The van der Waals surface area contributed by atoms with Gasteiger partial charge in [0.15, 0.2) is 0 Å². The van der Waals surface area contributed by atoms with E-state index in [0.29, 0.717) is 0 Å². The Kier molecular flexibility index (Phi) is 2.60. The van der Waals surface area contributed by atoms with Crippen molar-refractivity contribution >= 4 is 0 Å². The predicted octanol–water partition coefficient (Wildman–Crippen LogP) is 3.37. The third-order valence-corrected chi connectivity index (χ3v) is 7.97. The molecule has 0 fully saturated rings. The molecule has 0 radical (unpaired) electrons. The second-order valence-corrected chi connectivity index (χ2v) is 8.59. The van der Waals surface area contributed by atoms with Crippen molar-refractivity contribution < 1.29 is 25.8 Å². The van der Waals surface area contributed by atoms with E-state index in [0.717, 1.165) is 0 Å². The first-order valence-electron chi connectivity index (χ1n) is 4.35. The van der Waals surface area contributed by atoms with Crippen molar-refractivity contribution in [1.29, 1.82) is 0 Å². The minimum absolute atomic E-state index is 0. The fourth-order valence-corrected chi connectivity index (χ4v) is 6.12. The molecule has 0 amide bonds. The molecule has 0 heterocycles. The molecule has 2 aliphatic carbocycles. The van der Waals surface area contributed by atoms with Gasteiger partial charge in [0, 0.05) is 0 Å². The van der Waals surface area contributed by atoms with Crippen molar-refractivity contribution in [3.63, 3.8) is 0 Å². The molecule has 0 aromatic carbocycles. The molecular weight excluding hydrogens is 311 g/mol.